The minimum absolute atomic E-state index is 0.129. The lowest BCUT2D eigenvalue weighted by molar-refractivity contribution is 0.189. The van der Waals surface area contributed by atoms with Crippen molar-refractivity contribution < 1.29 is 9.53 Å². The quantitative estimate of drug-likeness (QED) is 0.761. The van der Waals surface area contributed by atoms with E-state index in [9.17, 15) is 4.79 Å². The van der Waals surface area contributed by atoms with Crippen molar-refractivity contribution in [2.45, 2.75) is 25.9 Å². The maximum Gasteiger partial charge on any atom is 0.320 e. The van der Waals surface area contributed by atoms with Crippen molar-refractivity contribution >= 4 is 23.4 Å². The highest BCUT2D eigenvalue weighted by atomic mass is 35.5. The van der Waals surface area contributed by atoms with Crippen LogP contribution in [0.25, 0.3) is 0 Å². The molecule has 6 nitrogen and oxygen atoms in total. The number of nitrogens with one attached hydrogen (secondary N) is 2. The summed E-state index contributed by atoms with van der Waals surface area (Å²) in [6, 6.07) is 8.71. The summed E-state index contributed by atoms with van der Waals surface area (Å²) in [5, 5.41) is 10.5. The number of carbonyl (C=O) groups is 1. The molecule has 0 aliphatic heterocycles. The molecule has 0 fully saturated rings. The molecule has 2 N–H and O–H groups in total. The molecule has 124 valence electrons. The SMILES string of the molecule is COCCCn1ccc(NC(=O)N[C@@H](C)c2ccc(Cl)cc2)n1. The van der Waals surface area contributed by atoms with Gasteiger partial charge < -0.3 is 10.1 Å². The van der Waals surface area contributed by atoms with Crippen LogP contribution in [0.4, 0.5) is 10.6 Å². The number of urea groups is 1. The third-order valence-electron chi connectivity index (χ3n) is 3.34. The Hall–Kier alpha value is -2.05. The molecule has 23 heavy (non-hydrogen) atoms. The topological polar surface area (TPSA) is 68.2 Å². The highest BCUT2D eigenvalue weighted by molar-refractivity contribution is 6.30. The van der Waals surface area contributed by atoms with Crippen molar-refractivity contribution in [3.8, 4) is 0 Å². The molecule has 1 heterocycles. The number of benzene rings is 1. The Morgan fingerprint density at radius 3 is 2.78 bits per heavy atom. The van der Waals surface area contributed by atoms with Crippen LogP contribution in [0.5, 0.6) is 0 Å². The molecule has 0 spiro atoms. The van der Waals surface area contributed by atoms with Crippen LogP contribution in [0.2, 0.25) is 5.02 Å². The minimum Gasteiger partial charge on any atom is -0.385 e. The summed E-state index contributed by atoms with van der Waals surface area (Å²) in [5.74, 6) is 0.517. The Kier molecular flexibility index (Phi) is 6.43. The number of methoxy groups -OCH3 is 1. The fraction of sp³-hybridized carbons (Fsp3) is 0.375. The van der Waals surface area contributed by atoms with Gasteiger partial charge in [0.25, 0.3) is 0 Å². The zero-order chi connectivity index (χ0) is 16.7. The number of aryl methyl sites for hydroxylation is 1. The number of hydrogen-bond acceptors (Lipinski definition) is 3. The van der Waals surface area contributed by atoms with E-state index in [4.69, 9.17) is 16.3 Å². The van der Waals surface area contributed by atoms with Crippen LogP contribution in [0, 0.1) is 0 Å². The van der Waals surface area contributed by atoms with Gasteiger partial charge in [0.05, 0.1) is 6.04 Å². The van der Waals surface area contributed by atoms with Crippen molar-refractivity contribution in [3.05, 3.63) is 47.1 Å². The molecule has 0 saturated heterocycles. The minimum atomic E-state index is -0.297. The molecule has 2 aromatic rings. The first-order chi connectivity index (χ1) is 11.1. The van der Waals surface area contributed by atoms with Gasteiger partial charge in [0.15, 0.2) is 5.82 Å². The number of carbonyl (C=O) groups excluding carboxylic acids is 1. The number of ether oxygens (including phenoxy) is 1. The summed E-state index contributed by atoms with van der Waals surface area (Å²) in [5.41, 5.74) is 0.981. The average Bonchev–Trinajstić information content (AvgIpc) is 2.95. The second-order valence-electron chi connectivity index (χ2n) is 5.18. The molecule has 7 heteroatoms. The second-order valence-corrected chi connectivity index (χ2v) is 5.62. The van der Waals surface area contributed by atoms with Gasteiger partial charge in [-0.3, -0.25) is 10.00 Å². The van der Waals surface area contributed by atoms with Gasteiger partial charge in [-0.15, -0.1) is 0 Å². The zero-order valence-corrected chi connectivity index (χ0v) is 14.0. The first-order valence-corrected chi connectivity index (χ1v) is 7.81. The van der Waals surface area contributed by atoms with E-state index in [1.165, 1.54) is 0 Å². The van der Waals surface area contributed by atoms with Gasteiger partial charge in [0.2, 0.25) is 0 Å². The largest absolute Gasteiger partial charge is 0.385 e. The van der Waals surface area contributed by atoms with E-state index in [1.807, 2.05) is 25.3 Å². The van der Waals surface area contributed by atoms with Gasteiger partial charge in [0.1, 0.15) is 0 Å². The summed E-state index contributed by atoms with van der Waals surface area (Å²) in [4.78, 5) is 12.0. The molecule has 2 amide bonds. The zero-order valence-electron chi connectivity index (χ0n) is 13.3. The number of halogens is 1. The van der Waals surface area contributed by atoms with Crippen molar-refractivity contribution in [2.75, 3.05) is 19.0 Å². The van der Waals surface area contributed by atoms with Crippen molar-refractivity contribution in [3.63, 3.8) is 0 Å². The third-order valence-corrected chi connectivity index (χ3v) is 3.59. The fourth-order valence-corrected chi connectivity index (χ4v) is 2.23. The molecule has 0 bridgehead atoms. The molecule has 0 aliphatic rings. The van der Waals surface area contributed by atoms with Crippen LogP contribution in [-0.4, -0.2) is 29.5 Å². The Morgan fingerprint density at radius 2 is 2.09 bits per heavy atom. The van der Waals surface area contributed by atoms with Gasteiger partial charge in [-0.25, -0.2) is 4.79 Å². The van der Waals surface area contributed by atoms with E-state index in [2.05, 4.69) is 15.7 Å². The van der Waals surface area contributed by atoms with Crippen LogP contribution < -0.4 is 10.6 Å². The predicted octanol–water partition coefficient (Wildman–Crippen LogP) is 3.46. The van der Waals surface area contributed by atoms with Gasteiger partial charge in [-0.2, -0.15) is 5.10 Å². The number of nitrogens with zero attached hydrogens (tertiary/aromatic N) is 2. The van der Waals surface area contributed by atoms with E-state index in [-0.39, 0.29) is 12.1 Å². The van der Waals surface area contributed by atoms with Crippen molar-refractivity contribution in [1.82, 2.24) is 15.1 Å². The molecule has 0 saturated carbocycles. The highest BCUT2D eigenvalue weighted by Crippen LogP contribution is 2.16. The summed E-state index contributed by atoms with van der Waals surface area (Å²) in [6.07, 6.45) is 2.70. The Balaban J connectivity index is 1.83. The van der Waals surface area contributed by atoms with Crippen LogP contribution >= 0.6 is 11.6 Å². The maximum atomic E-state index is 12.0. The molecule has 0 radical (unpaired) electrons. The lowest BCUT2D eigenvalue weighted by Crippen LogP contribution is -2.31. The highest BCUT2D eigenvalue weighted by Gasteiger charge is 2.10. The fourth-order valence-electron chi connectivity index (χ4n) is 2.11. The smallest absolute Gasteiger partial charge is 0.320 e. The number of anilines is 1. The third kappa shape index (κ3) is 5.58. The maximum absolute atomic E-state index is 12.0. The summed E-state index contributed by atoms with van der Waals surface area (Å²) in [7, 11) is 1.67. The van der Waals surface area contributed by atoms with E-state index in [0.29, 0.717) is 17.4 Å². The molecule has 2 rings (SSSR count). The molecule has 0 aliphatic carbocycles. The Labute approximate surface area is 140 Å². The average molecular weight is 337 g/mol. The molecule has 1 aromatic heterocycles. The van der Waals surface area contributed by atoms with Crippen LogP contribution in [0.15, 0.2) is 36.5 Å². The van der Waals surface area contributed by atoms with E-state index >= 15 is 0 Å². The second kappa shape index (κ2) is 8.55. The normalized spacial score (nSPS) is 12.0. The first kappa shape index (κ1) is 17.3. The van der Waals surface area contributed by atoms with Gasteiger partial charge >= 0.3 is 6.03 Å². The van der Waals surface area contributed by atoms with E-state index in [1.54, 1.807) is 30.0 Å². The number of amides is 2. The van der Waals surface area contributed by atoms with Crippen molar-refractivity contribution in [1.29, 1.82) is 0 Å². The number of aromatic nitrogens is 2. The van der Waals surface area contributed by atoms with Crippen LogP contribution in [-0.2, 0) is 11.3 Å². The van der Waals surface area contributed by atoms with E-state index < -0.39 is 0 Å². The van der Waals surface area contributed by atoms with Crippen molar-refractivity contribution in [2.24, 2.45) is 0 Å². The standard InChI is InChI=1S/C16H21ClN4O2/c1-12(13-4-6-14(17)7-5-13)18-16(22)19-15-8-10-21(20-15)9-3-11-23-2/h4-8,10,12H,3,9,11H2,1-2H3,(H2,18,19,20,22)/t12-/m0/s1. The van der Waals surface area contributed by atoms with E-state index in [0.717, 1.165) is 18.5 Å². The predicted molar refractivity (Wildman–Crippen MR) is 90.7 cm³/mol. The summed E-state index contributed by atoms with van der Waals surface area (Å²) >= 11 is 5.86. The molecule has 0 unspecified atom stereocenters. The lowest BCUT2D eigenvalue weighted by atomic mass is 10.1. The molecular weight excluding hydrogens is 316 g/mol. The van der Waals surface area contributed by atoms with Gasteiger partial charge in [-0.05, 0) is 31.0 Å². The lowest BCUT2D eigenvalue weighted by Gasteiger charge is -2.14. The van der Waals surface area contributed by atoms with Crippen LogP contribution in [0.3, 0.4) is 0 Å². The number of rotatable bonds is 7. The first-order valence-electron chi connectivity index (χ1n) is 7.44. The van der Waals surface area contributed by atoms with Crippen LogP contribution in [0.1, 0.15) is 24.9 Å². The summed E-state index contributed by atoms with van der Waals surface area (Å²) in [6.45, 7) is 3.34. The molecule has 1 aromatic carbocycles. The monoisotopic (exact) mass is 336 g/mol. The Morgan fingerprint density at radius 1 is 1.35 bits per heavy atom. The van der Waals surface area contributed by atoms with Gasteiger partial charge in [-0.1, -0.05) is 23.7 Å². The molecule has 1 atom stereocenters. The number of hydrogen-bond donors (Lipinski definition) is 2. The Bertz CT molecular complexity index is 627. The molecular formula is C16H21ClN4O2. The summed E-state index contributed by atoms with van der Waals surface area (Å²) < 4.78 is 6.77. The van der Waals surface area contributed by atoms with Gasteiger partial charge in [0, 0.05) is 37.5 Å².